The Hall–Kier alpha value is -4.64. The molecule has 0 spiro atoms. The van der Waals surface area contributed by atoms with E-state index in [-0.39, 0.29) is 12.6 Å². The summed E-state index contributed by atoms with van der Waals surface area (Å²) in [6.07, 6.45) is 0.807. The quantitative estimate of drug-likeness (QED) is 0.197. The zero-order valence-corrected chi connectivity index (χ0v) is 21.6. The van der Waals surface area contributed by atoms with Gasteiger partial charge in [-0.3, -0.25) is 0 Å². The lowest BCUT2D eigenvalue weighted by Crippen LogP contribution is -2.14. The minimum atomic E-state index is -0.385. The molecular formula is C33H30N2O3. The molecule has 4 aromatic carbocycles. The molecule has 1 heterocycles. The van der Waals surface area contributed by atoms with Crippen molar-refractivity contribution < 1.29 is 14.3 Å². The van der Waals surface area contributed by atoms with Crippen molar-refractivity contribution in [2.75, 3.05) is 13.2 Å². The second-order valence-corrected chi connectivity index (χ2v) is 8.81. The van der Waals surface area contributed by atoms with E-state index in [9.17, 15) is 4.79 Å². The van der Waals surface area contributed by atoms with Crippen molar-refractivity contribution in [2.24, 2.45) is 0 Å². The third-order valence-electron chi connectivity index (χ3n) is 6.36. The van der Waals surface area contributed by atoms with E-state index in [4.69, 9.17) is 14.6 Å². The fourth-order valence-electron chi connectivity index (χ4n) is 4.69. The number of rotatable bonds is 9. The highest BCUT2D eigenvalue weighted by molar-refractivity contribution is 5.84. The molecule has 0 bridgehead atoms. The molecule has 38 heavy (non-hydrogen) atoms. The molecule has 0 aliphatic carbocycles. The maximum Gasteiger partial charge on any atom is 0.344 e. The van der Waals surface area contributed by atoms with Crippen LogP contribution in [0.3, 0.4) is 0 Å². The summed E-state index contributed by atoms with van der Waals surface area (Å²) >= 11 is 0. The first-order valence-electron chi connectivity index (χ1n) is 12.9. The van der Waals surface area contributed by atoms with Gasteiger partial charge in [0.2, 0.25) is 0 Å². The second-order valence-electron chi connectivity index (χ2n) is 8.81. The topological polar surface area (TPSA) is 53.4 Å². The normalized spacial score (nSPS) is 10.8. The van der Waals surface area contributed by atoms with Crippen molar-refractivity contribution in [3.8, 4) is 44.9 Å². The number of carbonyl (C=O) groups is 1. The van der Waals surface area contributed by atoms with Crippen LogP contribution in [0.4, 0.5) is 0 Å². The van der Waals surface area contributed by atoms with Crippen LogP contribution in [0.5, 0.6) is 5.75 Å². The van der Waals surface area contributed by atoms with E-state index < -0.39 is 0 Å². The van der Waals surface area contributed by atoms with Crippen LogP contribution in [-0.2, 0) is 16.0 Å². The molecule has 5 heteroatoms. The second kappa shape index (κ2) is 11.6. The van der Waals surface area contributed by atoms with Crippen LogP contribution in [0, 0.1) is 0 Å². The number of ether oxygens (including phenoxy) is 2. The number of nitrogens with zero attached hydrogens (tertiary/aromatic N) is 2. The number of carbonyl (C=O) groups excluding carboxylic acids is 1. The van der Waals surface area contributed by atoms with Gasteiger partial charge >= 0.3 is 5.97 Å². The van der Waals surface area contributed by atoms with Gasteiger partial charge in [-0.15, -0.1) is 0 Å². The molecule has 0 atom stereocenters. The van der Waals surface area contributed by atoms with Crippen LogP contribution >= 0.6 is 0 Å². The number of hydrogen-bond acceptors (Lipinski definition) is 4. The number of esters is 1. The molecule has 5 aromatic rings. The predicted octanol–water partition coefficient (Wildman–Crippen LogP) is 7.38. The summed E-state index contributed by atoms with van der Waals surface area (Å²) in [6.45, 7) is 4.15. The van der Waals surface area contributed by atoms with Gasteiger partial charge < -0.3 is 9.47 Å². The van der Waals surface area contributed by atoms with Crippen molar-refractivity contribution >= 4 is 5.97 Å². The summed E-state index contributed by atoms with van der Waals surface area (Å²) in [5, 5.41) is 5.21. The maximum atomic E-state index is 11.8. The largest absolute Gasteiger partial charge is 0.482 e. The van der Waals surface area contributed by atoms with E-state index >= 15 is 0 Å². The molecule has 5 rings (SSSR count). The minimum Gasteiger partial charge on any atom is -0.482 e. The number of hydrogen-bond donors (Lipinski definition) is 0. The SMILES string of the molecule is CCOC(=O)[14CH2]Oc1cccc(-c2ccccc2-n2nc(-c3ccccc3)c(-c3ccccc3)c2CC)c1. The van der Waals surface area contributed by atoms with Crippen molar-refractivity contribution in [2.45, 2.75) is 20.3 Å². The molecule has 0 unspecified atom stereocenters. The van der Waals surface area contributed by atoms with Gasteiger partial charge in [-0.2, -0.15) is 5.10 Å². The monoisotopic (exact) mass is 504 g/mol. The first kappa shape index (κ1) is 25.0. The van der Waals surface area contributed by atoms with Crippen molar-refractivity contribution in [3.63, 3.8) is 0 Å². The van der Waals surface area contributed by atoms with Crippen molar-refractivity contribution in [1.82, 2.24) is 9.78 Å². The Balaban J connectivity index is 1.63. The van der Waals surface area contributed by atoms with Gasteiger partial charge in [0.25, 0.3) is 0 Å². The number of para-hydroxylation sites is 1. The Morgan fingerprint density at radius 1 is 0.789 bits per heavy atom. The summed E-state index contributed by atoms with van der Waals surface area (Å²) < 4.78 is 12.8. The van der Waals surface area contributed by atoms with E-state index in [0.717, 1.165) is 51.3 Å². The van der Waals surface area contributed by atoms with Gasteiger partial charge in [0.15, 0.2) is 6.61 Å². The lowest BCUT2D eigenvalue weighted by molar-refractivity contribution is -0.145. The third kappa shape index (κ3) is 5.23. The first-order valence-corrected chi connectivity index (χ1v) is 12.9. The van der Waals surface area contributed by atoms with Gasteiger partial charge in [-0.1, -0.05) is 97.9 Å². The van der Waals surface area contributed by atoms with E-state index in [0.29, 0.717) is 12.4 Å². The molecule has 0 saturated heterocycles. The smallest absolute Gasteiger partial charge is 0.344 e. The Morgan fingerprint density at radius 2 is 1.45 bits per heavy atom. The standard InChI is InChI=1S/C33H30N2O3/c1-3-29-32(24-14-7-5-8-15-24)33(25-16-9-6-10-17-25)34-35(29)30-21-12-11-20-28(30)26-18-13-19-27(22-26)38-23-31(36)37-4-2/h5-22H,3-4,23H2,1-2H3/i23+2. The van der Waals surface area contributed by atoms with E-state index in [1.165, 1.54) is 0 Å². The highest BCUT2D eigenvalue weighted by atomic mass is 16.7. The minimum absolute atomic E-state index is 0.126. The Morgan fingerprint density at radius 3 is 2.16 bits per heavy atom. The van der Waals surface area contributed by atoms with Crippen LogP contribution in [0.15, 0.2) is 109 Å². The zero-order chi connectivity index (χ0) is 26.3. The molecule has 190 valence electrons. The Kier molecular flexibility index (Phi) is 7.65. The van der Waals surface area contributed by atoms with Gasteiger partial charge in [-0.05, 0) is 42.7 Å². The highest BCUT2D eigenvalue weighted by Crippen LogP contribution is 2.38. The maximum absolute atomic E-state index is 11.8. The third-order valence-corrected chi connectivity index (χ3v) is 6.36. The van der Waals surface area contributed by atoms with Crippen LogP contribution in [0.2, 0.25) is 0 Å². The summed E-state index contributed by atoms with van der Waals surface area (Å²) in [5.74, 6) is 0.223. The molecular weight excluding hydrogens is 474 g/mol. The van der Waals surface area contributed by atoms with E-state index in [2.05, 4.69) is 60.1 Å². The fourth-order valence-corrected chi connectivity index (χ4v) is 4.69. The number of aromatic nitrogens is 2. The molecule has 0 N–H and O–H groups in total. The predicted molar refractivity (Wildman–Crippen MR) is 151 cm³/mol. The molecule has 0 amide bonds. The fraction of sp³-hybridized carbons (Fsp3) is 0.152. The zero-order valence-electron chi connectivity index (χ0n) is 21.6. The Bertz CT molecular complexity index is 1520. The van der Waals surface area contributed by atoms with Gasteiger partial charge in [0, 0.05) is 16.7 Å². The van der Waals surface area contributed by atoms with Crippen LogP contribution in [0.1, 0.15) is 19.5 Å². The summed E-state index contributed by atoms with van der Waals surface area (Å²) in [4.78, 5) is 11.8. The molecule has 0 aliphatic rings. The van der Waals surface area contributed by atoms with Crippen LogP contribution in [0.25, 0.3) is 39.2 Å². The van der Waals surface area contributed by atoms with Crippen molar-refractivity contribution in [3.05, 3.63) is 115 Å². The van der Waals surface area contributed by atoms with Gasteiger partial charge in [0.1, 0.15) is 11.4 Å². The summed E-state index contributed by atoms with van der Waals surface area (Å²) in [7, 11) is 0. The lowest BCUT2D eigenvalue weighted by atomic mass is 9.97. The first-order chi connectivity index (χ1) is 18.7. The summed E-state index contributed by atoms with van der Waals surface area (Å²) in [6, 6.07) is 36.8. The van der Waals surface area contributed by atoms with E-state index in [1.807, 2.05) is 60.7 Å². The highest BCUT2D eigenvalue weighted by Gasteiger charge is 2.22. The molecule has 0 saturated carbocycles. The summed E-state index contributed by atoms with van der Waals surface area (Å²) in [5.41, 5.74) is 8.42. The average molecular weight is 505 g/mol. The molecule has 1 aromatic heterocycles. The Labute approximate surface area is 223 Å². The van der Waals surface area contributed by atoms with Gasteiger partial charge in [-0.25, -0.2) is 9.48 Å². The molecule has 0 fully saturated rings. The van der Waals surface area contributed by atoms with Crippen LogP contribution < -0.4 is 4.74 Å². The van der Waals surface area contributed by atoms with Crippen LogP contribution in [-0.4, -0.2) is 29.0 Å². The average Bonchev–Trinajstić information content (AvgIpc) is 3.37. The lowest BCUT2D eigenvalue weighted by Gasteiger charge is -2.14. The van der Waals surface area contributed by atoms with Gasteiger partial charge in [0.05, 0.1) is 18.0 Å². The molecule has 0 radical (unpaired) electrons. The van der Waals surface area contributed by atoms with E-state index in [1.54, 1.807) is 6.92 Å². The molecule has 0 aliphatic heterocycles. The number of benzene rings is 4. The molecule has 5 nitrogen and oxygen atoms in total. The van der Waals surface area contributed by atoms with Crippen molar-refractivity contribution in [1.29, 1.82) is 0 Å².